The van der Waals surface area contributed by atoms with Gasteiger partial charge in [-0.15, -0.1) is 0 Å². The summed E-state index contributed by atoms with van der Waals surface area (Å²) >= 11 is 3.39. The van der Waals surface area contributed by atoms with Crippen molar-refractivity contribution < 1.29 is 0 Å². The van der Waals surface area contributed by atoms with Crippen molar-refractivity contribution in [3.05, 3.63) is 40.6 Å². The smallest absolute Gasteiger partial charge is 0.0777 e. The molecule has 0 amide bonds. The van der Waals surface area contributed by atoms with Gasteiger partial charge in [0.1, 0.15) is 0 Å². The van der Waals surface area contributed by atoms with Crippen molar-refractivity contribution in [1.82, 2.24) is 15.0 Å². The van der Waals surface area contributed by atoms with Crippen LogP contribution in [0.25, 0.3) is 0 Å². The Balaban J connectivity index is 2.10. The Morgan fingerprint density at radius 3 is 2.71 bits per heavy atom. The van der Waals surface area contributed by atoms with Gasteiger partial charge in [-0.05, 0) is 22.9 Å². The number of hydrogen-bond donors (Lipinski definition) is 2. The van der Waals surface area contributed by atoms with E-state index in [1.165, 1.54) is 0 Å². The number of aryl methyl sites for hydroxylation is 1. The van der Waals surface area contributed by atoms with Crippen molar-refractivity contribution in [3.63, 3.8) is 0 Å². The number of nitrogen functional groups attached to an aromatic ring is 1. The summed E-state index contributed by atoms with van der Waals surface area (Å²) in [6.45, 7) is 2.47. The van der Waals surface area contributed by atoms with Gasteiger partial charge in [0, 0.05) is 12.4 Å². The molecule has 0 bridgehead atoms. The Hall–Kier alpha value is -1.69. The Labute approximate surface area is 108 Å². The number of hydrogen-bond acceptors (Lipinski definition) is 5. The first-order chi connectivity index (χ1) is 8.16. The highest BCUT2D eigenvalue weighted by atomic mass is 79.9. The first kappa shape index (κ1) is 11.8. The largest absolute Gasteiger partial charge is 0.396 e. The molecule has 0 aromatic carbocycles. The third-order valence-electron chi connectivity index (χ3n) is 2.21. The lowest BCUT2D eigenvalue weighted by Crippen LogP contribution is -2.05. The van der Waals surface area contributed by atoms with Gasteiger partial charge in [0.15, 0.2) is 0 Å². The van der Waals surface area contributed by atoms with Gasteiger partial charge >= 0.3 is 0 Å². The summed E-state index contributed by atoms with van der Waals surface area (Å²) < 4.78 is 0.831. The predicted molar refractivity (Wildman–Crippen MR) is 70.4 cm³/mol. The maximum Gasteiger partial charge on any atom is 0.0777 e. The zero-order valence-electron chi connectivity index (χ0n) is 9.31. The van der Waals surface area contributed by atoms with Gasteiger partial charge in [0.2, 0.25) is 0 Å². The molecular formula is C11H12BrN5. The normalized spacial score (nSPS) is 10.2. The molecule has 3 N–H and O–H groups in total. The maximum atomic E-state index is 5.82. The lowest BCUT2D eigenvalue weighted by Gasteiger charge is -2.10. The minimum atomic E-state index is 0.570. The third kappa shape index (κ3) is 2.91. The van der Waals surface area contributed by atoms with Crippen molar-refractivity contribution in [2.24, 2.45) is 0 Å². The molecule has 5 nitrogen and oxygen atoms in total. The molecule has 0 aliphatic carbocycles. The van der Waals surface area contributed by atoms with Crippen LogP contribution in [0.1, 0.15) is 11.4 Å². The van der Waals surface area contributed by atoms with E-state index in [2.05, 4.69) is 36.2 Å². The van der Waals surface area contributed by atoms with Gasteiger partial charge in [0.05, 0.1) is 46.2 Å². The molecule has 17 heavy (non-hydrogen) atoms. The molecule has 0 unspecified atom stereocenters. The Morgan fingerprint density at radius 2 is 2.06 bits per heavy atom. The molecule has 0 aliphatic rings. The maximum absolute atomic E-state index is 5.82. The number of halogens is 1. The van der Waals surface area contributed by atoms with Gasteiger partial charge in [-0.2, -0.15) is 0 Å². The fourth-order valence-corrected chi connectivity index (χ4v) is 1.81. The van der Waals surface area contributed by atoms with Crippen molar-refractivity contribution in [2.45, 2.75) is 13.5 Å². The first-order valence-corrected chi connectivity index (χ1v) is 5.86. The van der Waals surface area contributed by atoms with Crippen LogP contribution in [0.4, 0.5) is 11.4 Å². The van der Waals surface area contributed by atoms with Crippen LogP contribution >= 0.6 is 15.9 Å². The highest BCUT2D eigenvalue weighted by Crippen LogP contribution is 2.27. The molecule has 0 aliphatic heterocycles. The quantitative estimate of drug-likeness (QED) is 0.907. The highest BCUT2D eigenvalue weighted by Gasteiger charge is 2.04. The van der Waals surface area contributed by atoms with E-state index in [9.17, 15) is 0 Å². The van der Waals surface area contributed by atoms with Crippen molar-refractivity contribution in [1.29, 1.82) is 0 Å². The second-order valence-corrected chi connectivity index (χ2v) is 4.44. The fraction of sp³-hybridized carbons (Fsp3) is 0.182. The van der Waals surface area contributed by atoms with Gasteiger partial charge in [-0.25, -0.2) is 0 Å². The third-order valence-corrected chi connectivity index (χ3v) is 2.81. The van der Waals surface area contributed by atoms with Crippen LogP contribution in [0.3, 0.4) is 0 Å². The Kier molecular flexibility index (Phi) is 3.53. The van der Waals surface area contributed by atoms with Crippen LogP contribution in [0.2, 0.25) is 0 Å². The summed E-state index contributed by atoms with van der Waals surface area (Å²) in [4.78, 5) is 12.4. The highest BCUT2D eigenvalue weighted by molar-refractivity contribution is 9.10. The number of anilines is 2. The molecule has 0 atom stereocenters. The van der Waals surface area contributed by atoms with Crippen LogP contribution in [-0.2, 0) is 6.54 Å². The Bertz CT molecular complexity index is 492. The van der Waals surface area contributed by atoms with E-state index in [-0.39, 0.29) is 0 Å². The molecule has 88 valence electrons. The van der Waals surface area contributed by atoms with Gasteiger partial charge in [0.25, 0.3) is 0 Å². The zero-order chi connectivity index (χ0) is 12.3. The average Bonchev–Trinajstić information content (AvgIpc) is 2.31. The van der Waals surface area contributed by atoms with Crippen LogP contribution in [0.15, 0.2) is 29.3 Å². The van der Waals surface area contributed by atoms with Crippen LogP contribution < -0.4 is 11.1 Å². The van der Waals surface area contributed by atoms with Crippen LogP contribution in [0, 0.1) is 6.92 Å². The molecule has 0 saturated heterocycles. The molecule has 0 spiro atoms. The standard InChI is InChI=1S/C11H12BrN5/c1-7-2-16-8(3-15-7)4-17-11-9(12)5-14-6-10(11)13/h2-3,5-6H,4,13H2,1H3,(H,14,17). The lowest BCUT2D eigenvalue weighted by molar-refractivity contribution is 0.983. The second kappa shape index (κ2) is 5.09. The van der Waals surface area contributed by atoms with E-state index in [4.69, 9.17) is 5.73 Å². The number of rotatable bonds is 3. The SMILES string of the molecule is Cc1cnc(CNc2c(N)cncc2Br)cn1. The minimum Gasteiger partial charge on any atom is -0.396 e. The lowest BCUT2D eigenvalue weighted by atomic mass is 10.3. The number of nitrogens with zero attached hydrogens (tertiary/aromatic N) is 3. The molecule has 2 heterocycles. The summed E-state index contributed by atoms with van der Waals surface area (Å²) in [6.07, 6.45) is 6.78. The average molecular weight is 294 g/mol. The van der Waals surface area contributed by atoms with E-state index < -0.39 is 0 Å². The first-order valence-electron chi connectivity index (χ1n) is 5.07. The summed E-state index contributed by atoms with van der Waals surface area (Å²) in [5.41, 5.74) is 9.00. The minimum absolute atomic E-state index is 0.570. The van der Waals surface area contributed by atoms with Gasteiger partial charge in [-0.1, -0.05) is 0 Å². The molecular weight excluding hydrogens is 282 g/mol. The van der Waals surface area contributed by atoms with E-state index in [0.717, 1.165) is 21.5 Å². The number of nitrogens with two attached hydrogens (primary N) is 1. The second-order valence-electron chi connectivity index (χ2n) is 3.59. The Morgan fingerprint density at radius 1 is 1.24 bits per heavy atom. The van der Waals surface area contributed by atoms with Crippen molar-refractivity contribution in [3.8, 4) is 0 Å². The summed E-state index contributed by atoms with van der Waals surface area (Å²) in [7, 11) is 0. The number of nitrogens with one attached hydrogen (secondary N) is 1. The summed E-state index contributed by atoms with van der Waals surface area (Å²) in [5.74, 6) is 0. The molecule has 6 heteroatoms. The monoisotopic (exact) mass is 293 g/mol. The van der Waals surface area contributed by atoms with Gasteiger partial charge in [-0.3, -0.25) is 15.0 Å². The van der Waals surface area contributed by atoms with E-state index in [1.54, 1.807) is 24.8 Å². The zero-order valence-corrected chi connectivity index (χ0v) is 10.9. The topological polar surface area (TPSA) is 76.7 Å². The number of pyridine rings is 1. The van der Waals surface area contributed by atoms with Crippen molar-refractivity contribution in [2.75, 3.05) is 11.1 Å². The summed E-state index contributed by atoms with van der Waals surface area (Å²) in [5, 5.41) is 3.20. The molecule has 0 saturated carbocycles. The molecule has 2 aromatic heterocycles. The molecule has 0 radical (unpaired) electrons. The van der Waals surface area contributed by atoms with Crippen LogP contribution in [-0.4, -0.2) is 15.0 Å². The summed E-state index contributed by atoms with van der Waals surface area (Å²) in [6, 6.07) is 0. The molecule has 2 aromatic rings. The molecule has 2 rings (SSSR count). The van der Waals surface area contributed by atoms with Crippen molar-refractivity contribution >= 4 is 27.3 Å². The van der Waals surface area contributed by atoms with E-state index >= 15 is 0 Å². The van der Waals surface area contributed by atoms with E-state index in [0.29, 0.717) is 12.2 Å². The van der Waals surface area contributed by atoms with Crippen LogP contribution in [0.5, 0.6) is 0 Å². The van der Waals surface area contributed by atoms with Gasteiger partial charge < -0.3 is 11.1 Å². The predicted octanol–water partition coefficient (Wildman–Crippen LogP) is 2.14. The fourth-order valence-electron chi connectivity index (χ4n) is 1.33. The van der Waals surface area contributed by atoms with E-state index in [1.807, 2.05) is 6.92 Å². The number of aromatic nitrogens is 3. The molecule has 0 fully saturated rings.